The summed E-state index contributed by atoms with van der Waals surface area (Å²) in [6.07, 6.45) is 0. The van der Waals surface area contributed by atoms with Crippen molar-refractivity contribution in [2.45, 2.75) is 5.75 Å². The van der Waals surface area contributed by atoms with Crippen molar-refractivity contribution in [3.8, 4) is 0 Å². The summed E-state index contributed by atoms with van der Waals surface area (Å²) in [7, 11) is -3.39. The van der Waals surface area contributed by atoms with Gasteiger partial charge in [0, 0.05) is 26.2 Å². The van der Waals surface area contributed by atoms with Gasteiger partial charge in [0.1, 0.15) is 5.82 Å². The number of fused-ring (bicyclic) bond motifs is 1. The van der Waals surface area contributed by atoms with Crippen LogP contribution < -0.4 is 5.32 Å². The van der Waals surface area contributed by atoms with Gasteiger partial charge < -0.3 is 5.32 Å². The number of thiazole rings is 1. The van der Waals surface area contributed by atoms with E-state index < -0.39 is 10.0 Å². The van der Waals surface area contributed by atoms with E-state index in [1.165, 1.54) is 27.8 Å². The van der Waals surface area contributed by atoms with Gasteiger partial charge in [-0.25, -0.2) is 17.8 Å². The van der Waals surface area contributed by atoms with Crippen LogP contribution in [0, 0.1) is 5.82 Å². The van der Waals surface area contributed by atoms with Crippen molar-refractivity contribution >= 4 is 42.6 Å². The minimum Gasteiger partial charge on any atom is -0.301 e. The first-order valence-corrected chi connectivity index (χ1v) is 11.9. The van der Waals surface area contributed by atoms with Gasteiger partial charge in [-0.3, -0.25) is 9.69 Å². The lowest BCUT2D eigenvalue weighted by atomic mass is 10.2. The van der Waals surface area contributed by atoms with E-state index in [-0.39, 0.29) is 24.0 Å². The second kappa shape index (κ2) is 8.76. The monoisotopic (exact) mass is 448 g/mol. The lowest BCUT2D eigenvalue weighted by Gasteiger charge is -2.33. The van der Waals surface area contributed by atoms with E-state index >= 15 is 0 Å². The number of nitrogens with zero attached hydrogens (tertiary/aromatic N) is 3. The number of amides is 1. The topological polar surface area (TPSA) is 82.6 Å². The highest BCUT2D eigenvalue weighted by Crippen LogP contribution is 2.26. The van der Waals surface area contributed by atoms with E-state index in [0.29, 0.717) is 41.5 Å². The van der Waals surface area contributed by atoms with E-state index in [4.69, 9.17) is 0 Å². The molecule has 0 saturated carbocycles. The minimum atomic E-state index is -3.39. The number of rotatable bonds is 6. The number of hydrogen-bond acceptors (Lipinski definition) is 6. The molecule has 4 rings (SSSR count). The molecule has 0 spiro atoms. The first-order chi connectivity index (χ1) is 14.4. The predicted molar refractivity (Wildman–Crippen MR) is 115 cm³/mol. The molecule has 0 atom stereocenters. The van der Waals surface area contributed by atoms with Crippen molar-refractivity contribution in [2.75, 3.05) is 38.0 Å². The van der Waals surface area contributed by atoms with Gasteiger partial charge in [-0.15, -0.1) is 0 Å². The molecule has 1 amide bonds. The first kappa shape index (κ1) is 20.9. The molecule has 1 saturated heterocycles. The Morgan fingerprint density at radius 1 is 1.10 bits per heavy atom. The Balaban J connectivity index is 1.29. The van der Waals surface area contributed by atoms with Crippen LogP contribution in [0.1, 0.15) is 5.56 Å². The smallest absolute Gasteiger partial charge is 0.240 e. The fraction of sp³-hybridized carbons (Fsp3) is 0.300. The van der Waals surface area contributed by atoms with E-state index in [9.17, 15) is 17.6 Å². The minimum absolute atomic E-state index is 0.0213. The SMILES string of the molecule is O=C(CN1CCN(S(=O)(=O)Cc2ccccc2)CC1)Nc1nc2ccc(F)cc2s1. The summed E-state index contributed by atoms with van der Waals surface area (Å²) in [5, 5.41) is 3.17. The van der Waals surface area contributed by atoms with E-state index in [2.05, 4.69) is 10.3 Å². The Morgan fingerprint density at radius 2 is 1.83 bits per heavy atom. The van der Waals surface area contributed by atoms with Gasteiger partial charge in [-0.2, -0.15) is 4.31 Å². The molecular formula is C20H21FN4O3S2. The maximum Gasteiger partial charge on any atom is 0.240 e. The van der Waals surface area contributed by atoms with Gasteiger partial charge >= 0.3 is 0 Å². The molecule has 1 fully saturated rings. The molecule has 2 heterocycles. The third kappa shape index (κ3) is 5.01. The molecule has 2 aromatic carbocycles. The summed E-state index contributed by atoms with van der Waals surface area (Å²) in [6.45, 7) is 1.81. The zero-order valence-corrected chi connectivity index (χ0v) is 17.8. The number of piperazine rings is 1. The molecule has 1 aliphatic rings. The molecule has 158 valence electrons. The molecule has 0 aliphatic carbocycles. The molecule has 0 unspecified atom stereocenters. The van der Waals surface area contributed by atoms with Crippen molar-refractivity contribution in [3.63, 3.8) is 0 Å². The normalized spacial score (nSPS) is 16.0. The average molecular weight is 449 g/mol. The van der Waals surface area contributed by atoms with Crippen molar-refractivity contribution < 1.29 is 17.6 Å². The summed E-state index contributed by atoms with van der Waals surface area (Å²) in [5.41, 5.74) is 1.39. The summed E-state index contributed by atoms with van der Waals surface area (Å²) in [5.74, 6) is -0.591. The van der Waals surface area contributed by atoms with Crippen molar-refractivity contribution in [3.05, 3.63) is 59.9 Å². The number of aromatic nitrogens is 1. The zero-order valence-electron chi connectivity index (χ0n) is 16.1. The van der Waals surface area contributed by atoms with Gasteiger partial charge in [-0.05, 0) is 23.8 Å². The highest BCUT2D eigenvalue weighted by atomic mass is 32.2. The quantitative estimate of drug-likeness (QED) is 0.627. The molecule has 1 aromatic heterocycles. The zero-order chi connectivity index (χ0) is 21.1. The van der Waals surface area contributed by atoms with Crippen LogP contribution in [0.3, 0.4) is 0 Å². The first-order valence-electron chi connectivity index (χ1n) is 9.49. The van der Waals surface area contributed by atoms with Gasteiger partial charge in [0.2, 0.25) is 15.9 Å². The Labute approximate surface area is 178 Å². The fourth-order valence-corrected chi connectivity index (χ4v) is 5.78. The van der Waals surface area contributed by atoms with E-state index in [1.54, 1.807) is 18.2 Å². The van der Waals surface area contributed by atoms with Crippen molar-refractivity contribution in [1.29, 1.82) is 0 Å². The largest absolute Gasteiger partial charge is 0.301 e. The van der Waals surface area contributed by atoms with Crippen molar-refractivity contribution in [1.82, 2.24) is 14.2 Å². The van der Waals surface area contributed by atoms with Crippen molar-refractivity contribution in [2.24, 2.45) is 0 Å². The van der Waals surface area contributed by atoms with Crippen LogP contribution in [0.15, 0.2) is 48.5 Å². The number of halogens is 1. The molecule has 0 radical (unpaired) electrons. The summed E-state index contributed by atoms with van der Waals surface area (Å²) >= 11 is 1.22. The second-order valence-electron chi connectivity index (χ2n) is 7.10. The molecule has 10 heteroatoms. The van der Waals surface area contributed by atoms with Gasteiger partial charge in [0.25, 0.3) is 0 Å². The van der Waals surface area contributed by atoms with Crippen LogP contribution in [0.2, 0.25) is 0 Å². The Bertz CT molecular complexity index is 1140. The standard InChI is InChI=1S/C20H21FN4O3S2/c21-16-6-7-17-18(12-16)29-20(22-17)23-19(26)13-24-8-10-25(11-9-24)30(27,28)14-15-4-2-1-3-5-15/h1-7,12H,8-11,13-14H2,(H,22,23,26). The number of benzene rings is 2. The molecule has 1 aliphatic heterocycles. The number of carbonyl (C=O) groups excluding carboxylic acids is 1. The Hall–Kier alpha value is -2.40. The van der Waals surface area contributed by atoms with Crippen LogP contribution in [0.5, 0.6) is 0 Å². The molecule has 3 aromatic rings. The average Bonchev–Trinajstić information content (AvgIpc) is 3.10. The third-order valence-corrected chi connectivity index (χ3v) is 7.66. The Kier molecular flexibility index (Phi) is 6.09. The number of nitrogens with one attached hydrogen (secondary N) is 1. The molecule has 1 N–H and O–H groups in total. The molecule has 30 heavy (non-hydrogen) atoms. The third-order valence-electron chi connectivity index (χ3n) is 4.88. The Morgan fingerprint density at radius 3 is 2.57 bits per heavy atom. The highest BCUT2D eigenvalue weighted by Gasteiger charge is 2.27. The van der Waals surface area contributed by atoms with Crippen LogP contribution in [-0.2, 0) is 20.6 Å². The lowest BCUT2D eigenvalue weighted by molar-refractivity contribution is -0.117. The maximum absolute atomic E-state index is 13.3. The van der Waals surface area contributed by atoms with E-state index in [1.807, 2.05) is 23.1 Å². The van der Waals surface area contributed by atoms with Crippen LogP contribution in [0.25, 0.3) is 10.2 Å². The number of hydrogen-bond donors (Lipinski definition) is 1. The van der Waals surface area contributed by atoms with Crippen LogP contribution >= 0.6 is 11.3 Å². The number of anilines is 1. The van der Waals surface area contributed by atoms with E-state index in [0.717, 1.165) is 5.56 Å². The van der Waals surface area contributed by atoms with Crippen LogP contribution in [-0.4, -0.2) is 61.2 Å². The summed E-state index contributed by atoms with van der Waals surface area (Å²) in [6, 6.07) is 13.4. The van der Waals surface area contributed by atoms with Gasteiger partial charge in [0.05, 0.1) is 22.5 Å². The van der Waals surface area contributed by atoms with Gasteiger partial charge in [0.15, 0.2) is 5.13 Å². The number of sulfonamides is 1. The fourth-order valence-electron chi connectivity index (χ4n) is 3.36. The maximum atomic E-state index is 13.3. The summed E-state index contributed by atoms with van der Waals surface area (Å²) in [4.78, 5) is 18.6. The molecule has 0 bridgehead atoms. The highest BCUT2D eigenvalue weighted by molar-refractivity contribution is 7.88. The molecular weight excluding hydrogens is 427 g/mol. The lowest BCUT2D eigenvalue weighted by Crippen LogP contribution is -2.50. The predicted octanol–water partition coefficient (Wildman–Crippen LogP) is 2.52. The molecule has 7 nitrogen and oxygen atoms in total. The van der Waals surface area contributed by atoms with Gasteiger partial charge in [-0.1, -0.05) is 41.7 Å². The second-order valence-corrected chi connectivity index (χ2v) is 10.1. The summed E-state index contributed by atoms with van der Waals surface area (Å²) < 4.78 is 40.7. The van der Waals surface area contributed by atoms with Crippen LogP contribution in [0.4, 0.5) is 9.52 Å². The number of carbonyl (C=O) groups is 1.